The largest absolute Gasteiger partial charge is 0.208 e. The van der Waals surface area contributed by atoms with E-state index >= 15 is 0 Å². The number of thiophene rings is 1. The van der Waals surface area contributed by atoms with Gasteiger partial charge in [0.25, 0.3) is 0 Å². The molecule has 1 unspecified atom stereocenters. The van der Waals surface area contributed by atoms with Crippen molar-refractivity contribution in [2.45, 2.75) is 5.41 Å². The third-order valence-electron chi connectivity index (χ3n) is 10.8. The number of hydrogen-bond donors (Lipinski definition) is 0. The molecule has 52 heavy (non-hydrogen) atoms. The summed E-state index contributed by atoms with van der Waals surface area (Å²) in [4.78, 5) is 15.3. The summed E-state index contributed by atoms with van der Waals surface area (Å²) in [7, 11) is 0. The highest BCUT2D eigenvalue weighted by Gasteiger charge is 2.49. The molecule has 7 aromatic carbocycles. The topological polar surface area (TPSA) is 38.7 Å². The van der Waals surface area contributed by atoms with E-state index < -0.39 is 5.41 Å². The molecule has 0 radical (unpaired) electrons. The van der Waals surface area contributed by atoms with E-state index in [-0.39, 0.29) is 0 Å². The van der Waals surface area contributed by atoms with Crippen LogP contribution in [0, 0.1) is 0 Å². The first-order valence-corrected chi connectivity index (χ1v) is 18.4. The number of aromatic nitrogens is 3. The molecule has 0 aliphatic heterocycles. The molecule has 0 saturated heterocycles. The minimum atomic E-state index is -0.570. The van der Waals surface area contributed by atoms with Gasteiger partial charge in [0.2, 0.25) is 0 Å². The zero-order valence-corrected chi connectivity index (χ0v) is 28.8. The first-order valence-electron chi connectivity index (χ1n) is 17.6. The Morgan fingerprint density at radius 3 is 1.75 bits per heavy atom. The number of benzene rings is 7. The zero-order chi connectivity index (χ0) is 34.2. The van der Waals surface area contributed by atoms with E-state index in [1.165, 1.54) is 64.7 Å². The van der Waals surface area contributed by atoms with Crippen LogP contribution in [0.3, 0.4) is 0 Å². The number of nitrogens with zero attached hydrogens (tertiary/aromatic N) is 3. The van der Waals surface area contributed by atoms with E-state index in [0.717, 1.165) is 16.7 Å². The minimum absolute atomic E-state index is 0.570. The van der Waals surface area contributed by atoms with Crippen molar-refractivity contribution < 1.29 is 0 Å². The molecule has 242 valence electrons. The molecular weight excluding hydrogens is 651 g/mol. The Balaban J connectivity index is 1.23. The highest BCUT2D eigenvalue weighted by Crippen LogP contribution is 2.61. The normalized spacial score (nSPS) is 15.3. The maximum absolute atomic E-state index is 5.15. The van der Waals surface area contributed by atoms with Gasteiger partial charge in [0, 0.05) is 42.4 Å². The second kappa shape index (κ2) is 11.3. The molecule has 1 spiro atoms. The van der Waals surface area contributed by atoms with E-state index in [1.54, 1.807) is 0 Å². The second-order valence-electron chi connectivity index (χ2n) is 13.5. The maximum Gasteiger partial charge on any atom is 0.164 e. The van der Waals surface area contributed by atoms with E-state index in [0.29, 0.717) is 17.5 Å². The van der Waals surface area contributed by atoms with Crippen molar-refractivity contribution in [1.29, 1.82) is 0 Å². The first kappa shape index (κ1) is 29.3. The summed E-state index contributed by atoms with van der Waals surface area (Å²) in [6.07, 6.45) is 4.56. The lowest BCUT2D eigenvalue weighted by atomic mass is 9.65. The van der Waals surface area contributed by atoms with Gasteiger partial charge >= 0.3 is 0 Å². The molecular formula is C48H29N3S. The Morgan fingerprint density at radius 2 is 1.00 bits per heavy atom. The highest BCUT2D eigenvalue weighted by molar-refractivity contribution is 7.26. The Bertz CT molecular complexity index is 2850. The lowest BCUT2D eigenvalue weighted by Gasteiger charge is -2.35. The van der Waals surface area contributed by atoms with Crippen molar-refractivity contribution in [2.75, 3.05) is 0 Å². The molecule has 0 N–H and O–H groups in total. The fourth-order valence-electron chi connectivity index (χ4n) is 8.53. The Morgan fingerprint density at radius 1 is 0.404 bits per heavy atom. The van der Waals surface area contributed by atoms with Gasteiger partial charge in [-0.3, -0.25) is 0 Å². The SMILES string of the molecule is C1=Cc2ccc(-c3nc(-c4ccccc4)nc(-c4ccccc4)n3)cc2C2(c3ccccc31)c1ccccc1-c1c2ccc2c1sc1ccccc12. The van der Waals surface area contributed by atoms with Gasteiger partial charge in [-0.1, -0.05) is 164 Å². The molecule has 1 atom stereocenters. The van der Waals surface area contributed by atoms with Gasteiger partial charge < -0.3 is 0 Å². The van der Waals surface area contributed by atoms with E-state index in [2.05, 4.69) is 140 Å². The van der Waals surface area contributed by atoms with Crippen molar-refractivity contribution in [3.63, 3.8) is 0 Å². The standard InChI is InChI=1S/C48H29N3S/c1-3-14-32(15-4-1)45-49-46(33-16-5-2-6-17-33)51-47(50-45)34-26-25-31-24-23-30-13-7-10-20-38(30)48(41(31)29-34)39-21-11-8-19-37(39)43-40(48)28-27-36-35-18-9-12-22-42(35)52-44(36)43/h1-29H. The van der Waals surface area contributed by atoms with Gasteiger partial charge in [-0.25, -0.2) is 15.0 Å². The molecule has 0 saturated carbocycles. The summed E-state index contributed by atoms with van der Waals surface area (Å²) in [5.41, 5.74) is 12.4. The predicted molar refractivity (Wildman–Crippen MR) is 215 cm³/mol. The lowest BCUT2D eigenvalue weighted by molar-refractivity contribution is 0.767. The molecule has 2 aliphatic carbocycles. The van der Waals surface area contributed by atoms with Gasteiger partial charge in [-0.2, -0.15) is 0 Å². The molecule has 2 heterocycles. The van der Waals surface area contributed by atoms with Gasteiger partial charge in [-0.05, 0) is 51.1 Å². The van der Waals surface area contributed by atoms with Crippen LogP contribution in [0.25, 0.3) is 77.6 Å². The van der Waals surface area contributed by atoms with Crippen LogP contribution in [0.5, 0.6) is 0 Å². The number of fused-ring (bicyclic) bond motifs is 13. The molecule has 0 bridgehead atoms. The van der Waals surface area contributed by atoms with Crippen LogP contribution in [-0.4, -0.2) is 15.0 Å². The van der Waals surface area contributed by atoms with Crippen molar-refractivity contribution >= 4 is 43.7 Å². The minimum Gasteiger partial charge on any atom is -0.208 e. The molecule has 4 heteroatoms. The van der Waals surface area contributed by atoms with Crippen molar-refractivity contribution in [1.82, 2.24) is 15.0 Å². The molecule has 11 rings (SSSR count). The van der Waals surface area contributed by atoms with Crippen molar-refractivity contribution in [2.24, 2.45) is 0 Å². The average molecular weight is 680 g/mol. The van der Waals surface area contributed by atoms with Gasteiger partial charge in [0.05, 0.1) is 5.41 Å². The predicted octanol–water partition coefficient (Wildman–Crippen LogP) is 12.1. The van der Waals surface area contributed by atoms with Crippen LogP contribution in [0.4, 0.5) is 0 Å². The molecule has 0 amide bonds. The summed E-state index contributed by atoms with van der Waals surface area (Å²) >= 11 is 1.90. The van der Waals surface area contributed by atoms with Gasteiger partial charge in [0.15, 0.2) is 17.5 Å². The third-order valence-corrected chi connectivity index (χ3v) is 12.0. The van der Waals surface area contributed by atoms with E-state index in [4.69, 9.17) is 15.0 Å². The fraction of sp³-hybridized carbons (Fsp3) is 0.0208. The molecule has 3 nitrogen and oxygen atoms in total. The highest BCUT2D eigenvalue weighted by atomic mass is 32.1. The van der Waals surface area contributed by atoms with Crippen LogP contribution >= 0.6 is 11.3 Å². The molecule has 2 aliphatic rings. The number of rotatable bonds is 3. The Labute approximate surface area is 305 Å². The monoisotopic (exact) mass is 679 g/mol. The summed E-state index contributed by atoms with van der Waals surface area (Å²) < 4.78 is 2.65. The summed E-state index contributed by atoms with van der Waals surface area (Å²) in [5, 5.41) is 2.62. The quantitative estimate of drug-likeness (QED) is 0.187. The van der Waals surface area contributed by atoms with Gasteiger partial charge in [0.1, 0.15) is 0 Å². The lowest BCUT2D eigenvalue weighted by Crippen LogP contribution is -2.30. The Hall–Kier alpha value is -6.49. The van der Waals surface area contributed by atoms with Crippen molar-refractivity contribution in [3.8, 4) is 45.3 Å². The van der Waals surface area contributed by atoms with Crippen molar-refractivity contribution in [3.05, 3.63) is 197 Å². The smallest absolute Gasteiger partial charge is 0.164 e. The second-order valence-corrected chi connectivity index (χ2v) is 14.6. The average Bonchev–Trinajstić information content (AvgIpc) is 3.69. The van der Waals surface area contributed by atoms with Gasteiger partial charge in [-0.15, -0.1) is 11.3 Å². The van der Waals surface area contributed by atoms with Crippen LogP contribution in [0.2, 0.25) is 0 Å². The third kappa shape index (κ3) is 4.16. The van der Waals surface area contributed by atoms with Crippen LogP contribution < -0.4 is 0 Å². The van der Waals surface area contributed by atoms with Crippen LogP contribution in [0.15, 0.2) is 164 Å². The number of hydrogen-bond acceptors (Lipinski definition) is 4. The summed E-state index contributed by atoms with van der Waals surface area (Å²) in [5.74, 6) is 1.96. The van der Waals surface area contributed by atoms with E-state index in [9.17, 15) is 0 Å². The zero-order valence-electron chi connectivity index (χ0n) is 28.0. The van der Waals surface area contributed by atoms with Crippen LogP contribution in [0.1, 0.15) is 33.4 Å². The summed E-state index contributed by atoms with van der Waals surface area (Å²) in [6, 6.07) is 58.7. The maximum atomic E-state index is 5.15. The molecule has 9 aromatic rings. The fourth-order valence-corrected chi connectivity index (χ4v) is 9.80. The first-order chi connectivity index (χ1) is 25.8. The molecule has 0 fully saturated rings. The molecule has 2 aromatic heterocycles. The Kier molecular flexibility index (Phi) is 6.34. The van der Waals surface area contributed by atoms with Crippen LogP contribution in [-0.2, 0) is 5.41 Å². The summed E-state index contributed by atoms with van der Waals surface area (Å²) in [6.45, 7) is 0. The van der Waals surface area contributed by atoms with E-state index in [1.807, 2.05) is 47.7 Å².